The molecular formula is C42H56N8O8Si. The quantitative estimate of drug-likeness (QED) is 0.0873. The number of benzene rings is 2. The Labute approximate surface area is 346 Å². The van der Waals surface area contributed by atoms with Gasteiger partial charge >= 0.3 is 12.2 Å². The molecule has 4 atom stereocenters. The third-order valence-electron chi connectivity index (χ3n) is 10.8. The van der Waals surface area contributed by atoms with Gasteiger partial charge in [-0.15, -0.1) is 0 Å². The Kier molecular flexibility index (Phi) is 14.4. The van der Waals surface area contributed by atoms with Crippen molar-refractivity contribution in [1.82, 2.24) is 40.8 Å². The summed E-state index contributed by atoms with van der Waals surface area (Å²) in [4.78, 5) is 69.4. The lowest BCUT2D eigenvalue weighted by Crippen LogP contribution is -2.52. The fourth-order valence-electron chi connectivity index (χ4n) is 7.68. The van der Waals surface area contributed by atoms with Gasteiger partial charge in [-0.3, -0.25) is 9.59 Å². The highest BCUT2D eigenvalue weighted by molar-refractivity contribution is 6.55. The number of nitrogens with zero attached hydrogens (tertiary/aromatic N) is 3. The smallest absolute Gasteiger partial charge is 0.407 e. The van der Waals surface area contributed by atoms with Crippen molar-refractivity contribution in [3.63, 3.8) is 0 Å². The Morgan fingerprint density at radius 1 is 0.864 bits per heavy atom. The molecule has 6 rings (SSSR count). The highest BCUT2D eigenvalue weighted by Gasteiger charge is 2.38. The topological polar surface area (TPSA) is 202 Å². The molecular weight excluding hydrogens is 773 g/mol. The van der Waals surface area contributed by atoms with Crippen molar-refractivity contribution in [1.29, 1.82) is 0 Å². The van der Waals surface area contributed by atoms with Crippen molar-refractivity contribution in [3.05, 3.63) is 72.6 Å². The molecule has 2 aliphatic heterocycles. The number of nitrogens with one attached hydrogen (secondary N) is 5. The molecule has 0 saturated carbocycles. The van der Waals surface area contributed by atoms with Crippen molar-refractivity contribution in [2.75, 3.05) is 34.0 Å². The lowest BCUT2D eigenvalue weighted by Gasteiger charge is -2.31. The summed E-state index contributed by atoms with van der Waals surface area (Å²) in [6, 6.07) is 14.1. The lowest BCUT2D eigenvalue weighted by atomic mass is 9.91. The van der Waals surface area contributed by atoms with Crippen LogP contribution in [0.15, 0.2) is 60.9 Å². The molecule has 5 N–H and O–H groups in total. The highest BCUT2D eigenvalue weighted by Crippen LogP contribution is 2.34. The van der Waals surface area contributed by atoms with Crippen LogP contribution in [0.3, 0.4) is 0 Å². The minimum absolute atomic E-state index is 0.0667. The summed E-state index contributed by atoms with van der Waals surface area (Å²) in [6.45, 7) is 9.87. The van der Waals surface area contributed by atoms with E-state index in [2.05, 4.69) is 49.0 Å². The van der Waals surface area contributed by atoms with E-state index < -0.39 is 33.1 Å². The minimum Gasteiger partial charge on any atom is -0.457 e. The number of methoxy groups -OCH3 is 2. The first kappa shape index (κ1) is 42.9. The van der Waals surface area contributed by atoms with Crippen LogP contribution in [0, 0.1) is 11.8 Å². The van der Waals surface area contributed by atoms with E-state index in [1.807, 2.05) is 62.4 Å². The van der Waals surface area contributed by atoms with Crippen molar-refractivity contribution in [2.45, 2.75) is 82.8 Å². The van der Waals surface area contributed by atoms with Crippen LogP contribution in [0.4, 0.5) is 9.59 Å². The van der Waals surface area contributed by atoms with Crippen LogP contribution in [0.1, 0.15) is 63.3 Å². The van der Waals surface area contributed by atoms with Gasteiger partial charge in [-0.1, -0.05) is 39.1 Å². The first-order valence-corrected chi connectivity index (χ1v) is 23.4. The molecule has 2 aliphatic rings. The molecule has 0 unspecified atom stereocenters. The van der Waals surface area contributed by atoms with E-state index in [4.69, 9.17) is 18.9 Å². The Hall–Kier alpha value is -5.68. The molecule has 59 heavy (non-hydrogen) atoms. The Morgan fingerprint density at radius 3 is 2.25 bits per heavy atom. The molecule has 2 aromatic heterocycles. The SMILES string of the molecule is COC(=O)N[C@H](C(=O)N1CCC[C@H]1c1ncc(-c2cccc(Oc3ccc(-c4cnc([C@H](C[SiH](C)C)NC(=O)[C@@H](NC(=O)OC)C5CCOCC5)[nH]4)cc3)c2)[nH]1)C(C)C. The Bertz CT molecular complexity index is 2050. The van der Waals surface area contributed by atoms with Crippen LogP contribution in [-0.2, 0) is 23.8 Å². The third kappa shape index (κ3) is 10.9. The van der Waals surface area contributed by atoms with Gasteiger partial charge in [0.2, 0.25) is 11.8 Å². The first-order chi connectivity index (χ1) is 28.4. The zero-order valence-electron chi connectivity index (χ0n) is 34.6. The number of hydrogen-bond donors (Lipinski definition) is 5. The van der Waals surface area contributed by atoms with Gasteiger partial charge in [-0.2, -0.15) is 0 Å². The fourth-order valence-corrected chi connectivity index (χ4v) is 8.96. The zero-order chi connectivity index (χ0) is 42.1. The molecule has 0 aliphatic carbocycles. The second-order valence-electron chi connectivity index (χ2n) is 15.8. The second kappa shape index (κ2) is 19.8. The van der Waals surface area contributed by atoms with E-state index in [1.54, 1.807) is 17.3 Å². The summed E-state index contributed by atoms with van der Waals surface area (Å²) < 4.78 is 21.4. The van der Waals surface area contributed by atoms with E-state index in [9.17, 15) is 19.2 Å². The Balaban J connectivity index is 1.11. The van der Waals surface area contributed by atoms with Gasteiger partial charge in [-0.25, -0.2) is 19.6 Å². The molecule has 0 radical (unpaired) electrons. The van der Waals surface area contributed by atoms with E-state index in [0.29, 0.717) is 55.7 Å². The number of ether oxygens (including phenoxy) is 4. The number of likely N-dealkylation sites (tertiary alicyclic amines) is 1. The lowest BCUT2D eigenvalue weighted by molar-refractivity contribution is -0.135. The maximum atomic E-state index is 13.7. The normalized spacial score (nSPS) is 17.3. The third-order valence-corrected chi connectivity index (χ3v) is 12.2. The van der Waals surface area contributed by atoms with Crippen LogP contribution >= 0.6 is 0 Å². The maximum Gasteiger partial charge on any atom is 0.407 e. The predicted octanol–water partition coefficient (Wildman–Crippen LogP) is 6.10. The van der Waals surface area contributed by atoms with Crippen molar-refractivity contribution in [3.8, 4) is 34.0 Å². The van der Waals surface area contributed by atoms with Crippen LogP contribution in [-0.4, -0.2) is 104 Å². The number of rotatable bonds is 15. The van der Waals surface area contributed by atoms with Gasteiger partial charge in [0.1, 0.15) is 35.2 Å². The molecule has 0 bridgehead atoms. The molecule has 0 spiro atoms. The number of carbonyl (C=O) groups is 4. The molecule has 2 fully saturated rings. The summed E-state index contributed by atoms with van der Waals surface area (Å²) in [5.41, 5.74) is 3.35. The van der Waals surface area contributed by atoms with Crippen LogP contribution in [0.5, 0.6) is 11.5 Å². The molecule has 4 aromatic rings. The van der Waals surface area contributed by atoms with E-state index >= 15 is 0 Å². The highest BCUT2D eigenvalue weighted by atomic mass is 28.3. The number of amides is 4. The van der Waals surface area contributed by atoms with Crippen molar-refractivity contribution >= 4 is 32.8 Å². The van der Waals surface area contributed by atoms with E-state index in [-0.39, 0.29) is 35.7 Å². The van der Waals surface area contributed by atoms with Crippen molar-refractivity contribution < 1.29 is 38.1 Å². The maximum absolute atomic E-state index is 13.7. The molecule has 316 valence electrons. The monoisotopic (exact) mass is 828 g/mol. The number of hydrogen-bond acceptors (Lipinski definition) is 10. The minimum atomic E-state index is -1.17. The van der Waals surface area contributed by atoms with Crippen LogP contribution < -0.4 is 20.7 Å². The molecule has 16 nitrogen and oxygen atoms in total. The number of imidazole rings is 2. The summed E-state index contributed by atoms with van der Waals surface area (Å²) in [5, 5.41) is 8.62. The number of aromatic nitrogens is 4. The average Bonchev–Trinajstić information content (AvgIpc) is 4.04. The molecule has 2 saturated heterocycles. The standard InChI is InChI=1S/C42H56N8O8Si/c1-25(2)35(48-41(53)55-3)40(52)50-18-8-11-34(50)38-44-23-32(46-38)28-9-7-10-30(21-28)58-29-14-12-26(13-15-29)31-22-43-37(45-31)33(24-59(5)6)47-39(51)36(49-42(54)56-4)27-16-19-57-20-17-27/h7,9-10,12-15,21-23,25,27,33-36,59H,8,11,16-20,24H2,1-6H3,(H,43,45)(H,44,46)(H,47,51)(H,48,53)(H,49,54)/t33-,34-,35-,36-/m0/s1. The summed E-state index contributed by atoms with van der Waals surface area (Å²) in [5.74, 6) is 2.00. The second-order valence-corrected chi connectivity index (χ2v) is 19.1. The number of alkyl carbamates (subject to hydrolysis) is 2. The zero-order valence-corrected chi connectivity index (χ0v) is 35.7. The molecule has 4 amide bonds. The van der Waals surface area contributed by atoms with Gasteiger partial charge in [0.25, 0.3) is 0 Å². The first-order valence-electron chi connectivity index (χ1n) is 20.3. The molecule has 2 aromatic carbocycles. The van der Waals surface area contributed by atoms with E-state index in [1.165, 1.54) is 14.2 Å². The van der Waals surface area contributed by atoms with Gasteiger partial charge in [-0.05, 0) is 85.5 Å². The summed E-state index contributed by atoms with van der Waals surface area (Å²) >= 11 is 0. The largest absolute Gasteiger partial charge is 0.457 e. The summed E-state index contributed by atoms with van der Waals surface area (Å²) in [6.07, 6.45) is 5.15. The summed E-state index contributed by atoms with van der Waals surface area (Å²) in [7, 11) is 1.40. The number of carbonyl (C=O) groups excluding carboxylic acids is 4. The van der Waals surface area contributed by atoms with Gasteiger partial charge in [0, 0.05) is 34.1 Å². The average molecular weight is 829 g/mol. The van der Waals surface area contributed by atoms with Gasteiger partial charge in [0.05, 0.1) is 50.1 Å². The van der Waals surface area contributed by atoms with Crippen molar-refractivity contribution in [2.24, 2.45) is 11.8 Å². The predicted molar refractivity (Wildman–Crippen MR) is 223 cm³/mol. The van der Waals surface area contributed by atoms with E-state index in [0.717, 1.165) is 41.4 Å². The van der Waals surface area contributed by atoms with Crippen LogP contribution in [0.2, 0.25) is 19.1 Å². The van der Waals surface area contributed by atoms with Gasteiger partial charge < -0.3 is 49.8 Å². The molecule has 17 heteroatoms. The van der Waals surface area contributed by atoms with Crippen LogP contribution in [0.25, 0.3) is 22.5 Å². The number of H-pyrrole nitrogens is 2. The fraction of sp³-hybridized carbons (Fsp3) is 0.476. The Morgan fingerprint density at radius 2 is 1.56 bits per heavy atom. The number of aromatic amines is 2. The molecule has 4 heterocycles. The van der Waals surface area contributed by atoms with Gasteiger partial charge in [0.15, 0.2) is 0 Å².